The second-order valence-corrected chi connectivity index (χ2v) is 11.5. The van der Waals surface area contributed by atoms with Gasteiger partial charge in [-0.15, -0.1) is 0 Å². The highest BCUT2D eigenvalue weighted by molar-refractivity contribution is 6.61. The Morgan fingerprint density at radius 1 is 1.20 bits per heavy atom. The van der Waals surface area contributed by atoms with Crippen LogP contribution in [0, 0.1) is 5.92 Å². The van der Waals surface area contributed by atoms with Crippen molar-refractivity contribution in [3.63, 3.8) is 0 Å². The second-order valence-electron chi connectivity index (χ2n) is 11.5. The van der Waals surface area contributed by atoms with Gasteiger partial charge in [-0.3, -0.25) is 4.79 Å². The van der Waals surface area contributed by atoms with Gasteiger partial charge in [0, 0.05) is 37.5 Å². The van der Waals surface area contributed by atoms with E-state index in [9.17, 15) is 9.59 Å². The molecule has 2 aliphatic heterocycles. The van der Waals surface area contributed by atoms with E-state index >= 15 is 0 Å². The van der Waals surface area contributed by atoms with Crippen molar-refractivity contribution in [3.8, 4) is 0 Å². The zero-order valence-corrected chi connectivity index (χ0v) is 22.3. The standard InChI is InChI=1S/C24H40BN5O5/c1-16(29-21(32)33-22(2,3)4)19(31)26-12-17-10-9-11-30(15-17)20-27-13-18(14-28-20)25-34-23(5,6)24(7,8)35-25/h13-14,16-17H,9-12,15H2,1-8H3,(H,26,31)(H,29,32). The molecular weight excluding hydrogens is 449 g/mol. The average Bonchev–Trinajstić information content (AvgIpc) is 2.98. The van der Waals surface area contributed by atoms with E-state index in [1.807, 2.05) is 27.7 Å². The lowest BCUT2D eigenvalue weighted by Crippen LogP contribution is -2.49. The van der Waals surface area contributed by atoms with Gasteiger partial charge in [0.2, 0.25) is 11.9 Å². The maximum atomic E-state index is 12.4. The number of ether oxygens (including phenoxy) is 1. The minimum atomic E-state index is -0.685. The number of anilines is 1. The number of aromatic nitrogens is 2. The quantitative estimate of drug-likeness (QED) is 0.584. The lowest BCUT2D eigenvalue weighted by atomic mass is 9.81. The predicted molar refractivity (Wildman–Crippen MR) is 135 cm³/mol. The van der Waals surface area contributed by atoms with Crippen molar-refractivity contribution < 1.29 is 23.6 Å². The molecule has 2 unspecified atom stereocenters. The van der Waals surface area contributed by atoms with Crippen molar-refractivity contribution in [3.05, 3.63) is 12.4 Å². The Balaban J connectivity index is 1.49. The number of carbonyl (C=O) groups is 2. The lowest BCUT2D eigenvalue weighted by Gasteiger charge is -2.33. The van der Waals surface area contributed by atoms with Gasteiger partial charge in [0.15, 0.2) is 0 Å². The maximum absolute atomic E-state index is 12.4. The van der Waals surface area contributed by atoms with Gasteiger partial charge in [0.05, 0.1) is 11.2 Å². The van der Waals surface area contributed by atoms with E-state index in [0.717, 1.165) is 31.4 Å². The minimum absolute atomic E-state index is 0.240. The fourth-order valence-electron chi connectivity index (χ4n) is 3.96. The third-order valence-electron chi connectivity index (χ3n) is 6.68. The molecule has 1 aromatic rings. The summed E-state index contributed by atoms with van der Waals surface area (Å²) < 4.78 is 17.4. The van der Waals surface area contributed by atoms with Gasteiger partial charge in [-0.2, -0.15) is 0 Å². The smallest absolute Gasteiger partial charge is 0.444 e. The van der Waals surface area contributed by atoms with Gasteiger partial charge in [0.1, 0.15) is 11.6 Å². The molecule has 3 heterocycles. The Morgan fingerprint density at radius 3 is 2.37 bits per heavy atom. The maximum Gasteiger partial charge on any atom is 0.498 e. The minimum Gasteiger partial charge on any atom is -0.444 e. The van der Waals surface area contributed by atoms with Crippen molar-refractivity contribution in [2.24, 2.45) is 5.92 Å². The SMILES string of the molecule is CC(NC(=O)OC(C)(C)C)C(=O)NCC1CCCN(c2ncc(B3OC(C)(C)C(C)(C)O3)cn2)C1. The molecule has 10 nitrogen and oxygen atoms in total. The Bertz CT molecular complexity index is 887. The highest BCUT2D eigenvalue weighted by Gasteiger charge is 2.52. The molecule has 0 aliphatic carbocycles. The highest BCUT2D eigenvalue weighted by atomic mass is 16.7. The summed E-state index contributed by atoms with van der Waals surface area (Å²) in [5.74, 6) is 0.671. The van der Waals surface area contributed by atoms with Gasteiger partial charge in [-0.1, -0.05) is 0 Å². The monoisotopic (exact) mass is 489 g/mol. The van der Waals surface area contributed by atoms with Crippen LogP contribution in [-0.4, -0.2) is 71.6 Å². The summed E-state index contributed by atoms with van der Waals surface area (Å²) in [4.78, 5) is 35.6. The molecule has 11 heteroatoms. The van der Waals surface area contributed by atoms with Crippen molar-refractivity contribution in [2.45, 2.75) is 91.1 Å². The summed E-state index contributed by atoms with van der Waals surface area (Å²) in [6.45, 7) is 17.2. The van der Waals surface area contributed by atoms with Crippen LogP contribution in [0.3, 0.4) is 0 Å². The molecule has 194 valence electrons. The summed E-state index contributed by atoms with van der Waals surface area (Å²) >= 11 is 0. The number of nitrogens with zero attached hydrogens (tertiary/aromatic N) is 3. The Morgan fingerprint density at radius 2 is 1.80 bits per heavy atom. The van der Waals surface area contributed by atoms with E-state index in [4.69, 9.17) is 14.0 Å². The van der Waals surface area contributed by atoms with Crippen LogP contribution in [0.4, 0.5) is 10.7 Å². The van der Waals surface area contributed by atoms with Crippen LogP contribution in [0.25, 0.3) is 0 Å². The molecule has 2 N–H and O–H groups in total. The second kappa shape index (κ2) is 10.3. The first-order valence-electron chi connectivity index (χ1n) is 12.4. The molecular formula is C24H40BN5O5. The van der Waals surface area contributed by atoms with E-state index < -0.39 is 36.1 Å². The first-order chi connectivity index (χ1) is 16.2. The molecule has 2 amide bonds. The molecule has 0 spiro atoms. The Labute approximate surface area is 209 Å². The molecule has 2 fully saturated rings. The number of alkyl carbamates (subject to hydrolysis) is 1. The predicted octanol–water partition coefficient (Wildman–Crippen LogP) is 2.02. The highest BCUT2D eigenvalue weighted by Crippen LogP contribution is 2.36. The van der Waals surface area contributed by atoms with Crippen molar-refractivity contribution >= 4 is 30.5 Å². The topological polar surface area (TPSA) is 115 Å². The third-order valence-corrected chi connectivity index (χ3v) is 6.68. The molecule has 0 bridgehead atoms. The molecule has 2 aliphatic rings. The molecule has 1 aromatic heterocycles. The van der Waals surface area contributed by atoms with Crippen LogP contribution < -0.4 is 21.0 Å². The summed E-state index contributed by atoms with van der Waals surface area (Å²) in [5.41, 5.74) is -0.655. The van der Waals surface area contributed by atoms with E-state index in [-0.39, 0.29) is 11.8 Å². The molecule has 2 atom stereocenters. The van der Waals surface area contributed by atoms with E-state index in [1.165, 1.54) is 0 Å². The van der Waals surface area contributed by atoms with Crippen LogP contribution >= 0.6 is 0 Å². The van der Waals surface area contributed by atoms with Crippen LogP contribution in [0.2, 0.25) is 0 Å². The molecule has 35 heavy (non-hydrogen) atoms. The molecule has 3 rings (SSSR count). The van der Waals surface area contributed by atoms with Crippen molar-refractivity contribution in [1.29, 1.82) is 0 Å². The zero-order valence-electron chi connectivity index (χ0n) is 22.3. The Kier molecular flexibility index (Phi) is 8.01. The average molecular weight is 489 g/mol. The number of nitrogens with one attached hydrogen (secondary N) is 2. The third kappa shape index (κ3) is 7.07. The number of carbonyl (C=O) groups excluding carboxylic acids is 2. The number of piperidine rings is 1. The normalized spacial score (nSPS) is 22.5. The van der Waals surface area contributed by atoms with Crippen LogP contribution in [0.1, 0.15) is 68.2 Å². The zero-order chi connectivity index (χ0) is 26.0. The number of rotatable bonds is 6. The first kappa shape index (κ1) is 27.2. The lowest BCUT2D eigenvalue weighted by molar-refractivity contribution is -0.123. The summed E-state index contributed by atoms with van der Waals surface area (Å²) in [5, 5.41) is 5.52. The summed E-state index contributed by atoms with van der Waals surface area (Å²) in [7, 11) is -0.491. The number of hydrogen-bond acceptors (Lipinski definition) is 8. The van der Waals surface area contributed by atoms with Gasteiger partial charge >= 0.3 is 13.2 Å². The van der Waals surface area contributed by atoms with Crippen molar-refractivity contribution in [2.75, 3.05) is 24.5 Å². The van der Waals surface area contributed by atoms with E-state index in [0.29, 0.717) is 12.5 Å². The number of amides is 2. The van der Waals surface area contributed by atoms with Gasteiger partial charge in [-0.25, -0.2) is 14.8 Å². The molecule has 0 aromatic carbocycles. The van der Waals surface area contributed by atoms with E-state index in [2.05, 4.69) is 25.5 Å². The van der Waals surface area contributed by atoms with Gasteiger partial charge < -0.3 is 29.6 Å². The fraction of sp³-hybridized carbons (Fsp3) is 0.750. The van der Waals surface area contributed by atoms with Crippen LogP contribution in [-0.2, 0) is 18.8 Å². The summed E-state index contributed by atoms with van der Waals surface area (Å²) in [6.07, 6.45) is 4.90. The Hall–Kier alpha value is -2.40. The van der Waals surface area contributed by atoms with Crippen LogP contribution in [0.15, 0.2) is 12.4 Å². The first-order valence-corrected chi connectivity index (χ1v) is 12.4. The van der Waals surface area contributed by atoms with Gasteiger partial charge in [-0.05, 0) is 74.1 Å². The number of hydrogen-bond donors (Lipinski definition) is 2. The van der Waals surface area contributed by atoms with Crippen LogP contribution in [0.5, 0.6) is 0 Å². The largest absolute Gasteiger partial charge is 0.498 e. The van der Waals surface area contributed by atoms with Gasteiger partial charge in [0.25, 0.3) is 0 Å². The van der Waals surface area contributed by atoms with Crippen molar-refractivity contribution in [1.82, 2.24) is 20.6 Å². The molecule has 2 saturated heterocycles. The molecule has 0 saturated carbocycles. The molecule has 0 radical (unpaired) electrons. The fourth-order valence-corrected chi connectivity index (χ4v) is 3.96. The van der Waals surface area contributed by atoms with E-state index in [1.54, 1.807) is 40.1 Å². The summed E-state index contributed by atoms with van der Waals surface area (Å²) in [6, 6.07) is -0.685.